The van der Waals surface area contributed by atoms with Gasteiger partial charge in [0.1, 0.15) is 0 Å². The Balaban J connectivity index is 1.15. The molecule has 0 aliphatic carbocycles. The zero-order chi connectivity index (χ0) is 28.0. The summed E-state index contributed by atoms with van der Waals surface area (Å²) in [6.45, 7) is 7.21. The predicted octanol–water partition coefficient (Wildman–Crippen LogP) is 11.3. The summed E-state index contributed by atoms with van der Waals surface area (Å²) in [6, 6.07) is 51.5. The molecule has 0 spiro atoms. The average Bonchev–Trinajstić information content (AvgIpc) is 3.39. The van der Waals surface area contributed by atoms with Gasteiger partial charge in [-0.1, -0.05) is 140 Å². The van der Waals surface area contributed by atoms with Crippen LogP contribution in [0.1, 0.15) is 0 Å². The highest BCUT2D eigenvalue weighted by molar-refractivity contribution is 7.25. The van der Waals surface area contributed by atoms with E-state index >= 15 is 0 Å². The van der Waals surface area contributed by atoms with E-state index in [0.717, 1.165) is 0 Å². The number of hydrogen-bond donors (Lipinski definition) is 0. The van der Waals surface area contributed by atoms with Gasteiger partial charge in [0.15, 0.2) is 0 Å². The van der Waals surface area contributed by atoms with Crippen LogP contribution in [0.4, 0.5) is 0 Å². The number of benzene rings is 6. The molecule has 0 atom stereocenters. The Morgan fingerprint density at radius 3 is 1.41 bits per heavy atom. The Hall–Kier alpha value is -4.24. The fourth-order valence-corrected chi connectivity index (χ4v) is 7.93. The van der Waals surface area contributed by atoms with Crippen molar-refractivity contribution in [1.82, 2.24) is 0 Å². The highest BCUT2D eigenvalue weighted by atomic mass is 32.1. The number of hydrogen-bond acceptors (Lipinski definition) is 1. The fraction of sp³-hybridized carbons (Fsp3) is 0.0769. The van der Waals surface area contributed by atoms with E-state index in [0.29, 0.717) is 0 Å². The lowest BCUT2D eigenvalue weighted by atomic mass is 9.96. The van der Waals surface area contributed by atoms with Gasteiger partial charge in [0.05, 0.1) is 8.07 Å². The lowest BCUT2D eigenvalue weighted by Crippen LogP contribution is -2.37. The normalized spacial score (nSPS) is 11.8. The third-order valence-corrected chi connectivity index (χ3v) is 11.3. The van der Waals surface area contributed by atoms with E-state index in [1.165, 1.54) is 69.9 Å². The fourth-order valence-electron chi connectivity index (χ4n) is 5.66. The molecule has 0 aliphatic heterocycles. The molecule has 0 fully saturated rings. The first kappa shape index (κ1) is 25.7. The van der Waals surface area contributed by atoms with E-state index in [4.69, 9.17) is 0 Å². The van der Waals surface area contributed by atoms with E-state index < -0.39 is 8.07 Å². The maximum atomic E-state index is 2.40. The van der Waals surface area contributed by atoms with Gasteiger partial charge in [0.25, 0.3) is 0 Å². The van der Waals surface area contributed by atoms with Crippen molar-refractivity contribution in [1.29, 1.82) is 0 Å². The molecule has 0 unspecified atom stereocenters. The second-order valence-electron chi connectivity index (χ2n) is 11.9. The molecule has 1 heterocycles. The quantitative estimate of drug-likeness (QED) is 0.184. The topological polar surface area (TPSA) is 0 Å². The van der Waals surface area contributed by atoms with Crippen molar-refractivity contribution < 1.29 is 0 Å². The van der Waals surface area contributed by atoms with Gasteiger partial charge in [-0.05, 0) is 68.8 Å². The van der Waals surface area contributed by atoms with Gasteiger partial charge in [-0.2, -0.15) is 0 Å². The maximum absolute atomic E-state index is 2.40. The predicted molar refractivity (Wildman–Crippen MR) is 184 cm³/mol. The molecule has 0 bridgehead atoms. The van der Waals surface area contributed by atoms with Gasteiger partial charge in [-0.25, -0.2) is 0 Å². The van der Waals surface area contributed by atoms with Crippen LogP contribution in [0.25, 0.3) is 64.7 Å². The minimum atomic E-state index is -1.34. The third-order valence-electron chi connectivity index (χ3n) is 8.07. The number of rotatable bonds is 5. The van der Waals surface area contributed by atoms with E-state index in [1.54, 1.807) is 0 Å². The van der Waals surface area contributed by atoms with Gasteiger partial charge < -0.3 is 0 Å². The van der Waals surface area contributed by atoms with Crippen molar-refractivity contribution in [2.75, 3.05) is 0 Å². The van der Waals surface area contributed by atoms with Crippen LogP contribution in [0, 0.1) is 0 Å². The highest BCUT2D eigenvalue weighted by Gasteiger charge is 2.16. The lowest BCUT2D eigenvalue weighted by molar-refractivity contribution is 1.57. The van der Waals surface area contributed by atoms with E-state index in [1.807, 2.05) is 11.3 Å². The van der Waals surface area contributed by atoms with Crippen LogP contribution in [0.5, 0.6) is 0 Å². The largest absolute Gasteiger partial charge is 0.135 e. The van der Waals surface area contributed by atoms with Gasteiger partial charge in [0, 0.05) is 20.2 Å². The molecule has 41 heavy (non-hydrogen) atoms. The SMILES string of the molecule is C[Si](C)(C)c1cccc(-c2ccc(-c3cccc(-c4ccc(-c5ccc6sc7ccccc7c6c5)cc4)c3)cc2)c1. The summed E-state index contributed by atoms with van der Waals surface area (Å²) in [7, 11) is -1.34. The second-order valence-corrected chi connectivity index (χ2v) is 18.0. The molecule has 198 valence electrons. The molecular weight excluding hydrogens is 529 g/mol. The van der Waals surface area contributed by atoms with Crippen LogP contribution in [-0.4, -0.2) is 8.07 Å². The molecule has 0 saturated carbocycles. The Morgan fingerprint density at radius 1 is 0.366 bits per heavy atom. The van der Waals surface area contributed by atoms with Gasteiger partial charge in [-0.15, -0.1) is 11.3 Å². The van der Waals surface area contributed by atoms with Crippen molar-refractivity contribution >= 4 is 44.8 Å². The van der Waals surface area contributed by atoms with Crippen LogP contribution in [0.2, 0.25) is 19.6 Å². The van der Waals surface area contributed by atoms with Gasteiger partial charge in [0.2, 0.25) is 0 Å². The molecule has 1 aromatic heterocycles. The lowest BCUT2D eigenvalue weighted by Gasteiger charge is -2.17. The minimum absolute atomic E-state index is 1.23. The third kappa shape index (κ3) is 5.06. The summed E-state index contributed by atoms with van der Waals surface area (Å²) >= 11 is 1.87. The molecule has 0 aliphatic rings. The zero-order valence-electron chi connectivity index (χ0n) is 23.7. The summed E-state index contributed by atoms with van der Waals surface area (Å²) in [4.78, 5) is 0. The van der Waals surface area contributed by atoms with Crippen molar-refractivity contribution in [3.63, 3.8) is 0 Å². The molecule has 6 aromatic carbocycles. The van der Waals surface area contributed by atoms with E-state index in [-0.39, 0.29) is 0 Å². The van der Waals surface area contributed by atoms with Crippen LogP contribution in [0.3, 0.4) is 0 Å². The first-order valence-corrected chi connectivity index (χ1v) is 18.6. The van der Waals surface area contributed by atoms with E-state index in [2.05, 4.69) is 159 Å². The van der Waals surface area contributed by atoms with Crippen LogP contribution in [0.15, 0.2) is 140 Å². The van der Waals surface area contributed by atoms with Gasteiger partial charge in [-0.3, -0.25) is 0 Å². The summed E-state index contributed by atoms with van der Waals surface area (Å²) in [5.74, 6) is 0. The molecule has 7 aromatic rings. The Morgan fingerprint density at radius 2 is 0.829 bits per heavy atom. The summed E-state index contributed by atoms with van der Waals surface area (Å²) < 4.78 is 2.69. The molecule has 0 amide bonds. The highest BCUT2D eigenvalue weighted by Crippen LogP contribution is 2.37. The molecule has 0 nitrogen and oxygen atoms in total. The first-order valence-electron chi connectivity index (χ1n) is 14.3. The van der Waals surface area contributed by atoms with Gasteiger partial charge >= 0.3 is 0 Å². The van der Waals surface area contributed by atoms with Crippen LogP contribution >= 0.6 is 11.3 Å². The first-order chi connectivity index (χ1) is 19.9. The number of thiophene rings is 1. The second kappa shape index (κ2) is 10.3. The van der Waals surface area contributed by atoms with Crippen molar-refractivity contribution in [2.45, 2.75) is 19.6 Å². The maximum Gasteiger partial charge on any atom is 0.0776 e. The molecule has 0 N–H and O–H groups in total. The van der Waals surface area contributed by atoms with Crippen molar-refractivity contribution in [3.05, 3.63) is 140 Å². The smallest absolute Gasteiger partial charge is 0.0776 e. The Labute approximate surface area is 247 Å². The monoisotopic (exact) mass is 560 g/mol. The average molecular weight is 561 g/mol. The van der Waals surface area contributed by atoms with Crippen LogP contribution < -0.4 is 5.19 Å². The summed E-state index contributed by atoms with van der Waals surface area (Å²) in [6.07, 6.45) is 0. The number of fused-ring (bicyclic) bond motifs is 3. The van der Waals surface area contributed by atoms with Crippen molar-refractivity contribution in [2.24, 2.45) is 0 Å². The molecule has 2 heteroatoms. The molecule has 0 radical (unpaired) electrons. The zero-order valence-corrected chi connectivity index (χ0v) is 25.5. The van der Waals surface area contributed by atoms with Crippen LogP contribution in [-0.2, 0) is 0 Å². The Bertz CT molecular complexity index is 2010. The Kier molecular flexibility index (Phi) is 6.46. The standard InChI is InChI=1S/C39H32SSi/c1-41(2,3)35-11-7-10-33(25-35)29-18-14-27(15-19-29)31-8-6-9-32(24-31)28-16-20-30(21-17-28)34-22-23-39-37(26-34)36-12-4-5-13-38(36)40-39/h4-26H,1-3H3. The minimum Gasteiger partial charge on any atom is -0.135 e. The molecular formula is C39H32SSi. The summed E-state index contributed by atoms with van der Waals surface area (Å²) in [5.41, 5.74) is 10.0. The molecule has 7 rings (SSSR count). The van der Waals surface area contributed by atoms with Crippen molar-refractivity contribution in [3.8, 4) is 44.5 Å². The van der Waals surface area contributed by atoms with E-state index in [9.17, 15) is 0 Å². The molecule has 0 saturated heterocycles. The summed E-state index contributed by atoms with van der Waals surface area (Å²) in [5, 5.41) is 4.18.